The Hall–Kier alpha value is -3.48. The summed E-state index contributed by atoms with van der Waals surface area (Å²) in [5, 5.41) is 2.77. The molecule has 1 saturated carbocycles. The molecule has 4 rings (SSSR count). The highest BCUT2D eigenvalue weighted by molar-refractivity contribution is 6.22. The first-order valence-corrected chi connectivity index (χ1v) is 11.3. The van der Waals surface area contributed by atoms with Crippen molar-refractivity contribution in [3.05, 3.63) is 59.2 Å². The van der Waals surface area contributed by atoms with Crippen molar-refractivity contribution in [1.82, 2.24) is 0 Å². The topological polar surface area (TPSA) is 92.8 Å². The van der Waals surface area contributed by atoms with Gasteiger partial charge in [-0.05, 0) is 74.4 Å². The van der Waals surface area contributed by atoms with Crippen LogP contribution in [0.1, 0.15) is 47.7 Å². The zero-order chi connectivity index (χ0) is 23.7. The molecule has 2 aromatic carbocycles. The molecule has 2 fully saturated rings. The van der Waals surface area contributed by atoms with Crippen LogP contribution in [-0.2, 0) is 19.1 Å². The highest BCUT2D eigenvalue weighted by atomic mass is 16.5. The van der Waals surface area contributed by atoms with E-state index < -0.39 is 18.5 Å². The Balaban J connectivity index is 1.37. The van der Waals surface area contributed by atoms with Gasteiger partial charge in [0.05, 0.1) is 23.1 Å². The highest BCUT2D eigenvalue weighted by Crippen LogP contribution is 2.42. The molecule has 7 nitrogen and oxygen atoms in total. The first kappa shape index (κ1) is 22.7. The second-order valence-corrected chi connectivity index (χ2v) is 9.08. The monoisotopic (exact) mass is 448 g/mol. The fraction of sp³-hybridized carbons (Fsp3) is 0.385. The van der Waals surface area contributed by atoms with Gasteiger partial charge in [0.25, 0.3) is 5.91 Å². The minimum atomic E-state index is -0.653. The van der Waals surface area contributed by atoms with Gasteiger partial charge in [-0.3, -0.25) is 19.3 Å². The lowest BCUT2D eigenvalue weighted by Crippen LogP contribution is -2.30. The molecule has 3 amide bonds. The first-order valence-electron chi connectivity index (χ1n) is 11.3. The lowest BCUT2D eigenvalue weighted by molar-refractivity contribution is -0.122. The van der Waals surface area contributed by atoms with E-state index in [1.54, 1.807) is 12.1 Å². The Morgan fingerprint density at radius 1 is 0.970 bits per heavy atom. The third-order valence-electron chi connectivity index (χ3n) is 6.63. The molecule has 1 aliphatic carbocycles. The molecule has 3 atom stereocenters. The molecule has 1 aliphatic heterocycles. The maximum absolute atomic E-state index is 12.9. The van der Waals surface area contributed by atoms with Gasteiger partial charge < -0.3 is 10.1 Å². The van der Waals surface area contributed by atoms with Crippen LogP contribution in [0.15, 0.2) is 42.5 Å². The van der Waals surface area contributed by atoms with Crippen molar-refractivity contribution in [3.8, 4) is 0 Å². The number of amides is 3. The molecule has 2 aromatic rings. The number of fused-ring (bicyclic) bond motifs is 1. The van der Waals surface area contributed by atoms with Crippen molar-refractivity contribution in [2.75, 3.05) is 16.8 Å². The minimum absolute atomic E-state index is 0.157. The molecule has 7 heteroatoms. The third kappa shape index (κ3) is 4.53. The molecular formula is C26H28N2O5. The van der Waals surface area contributed by atoms with Crippen LogP contribution in [0.4, 0.5) is 11.4 Å². The van der Waals surface area contributed by atoms with Crippen LogP contribution in [0.3, 0.4) is 0 Å². The van der Waals surface area contributed by atoms with E-state index in [2.05, 4.69) is 12.2 Å². The number of benzene rings is 2. The minimum Gasteiger partial charge on any atom is -0.452 e. The van der Waals surface area contributed by atoms with Gasteiger partial charge in [0.1, 0.15) is 0 Å². The molecule has 1 heterocycles. The molecule has 0 spiro atoms. The number of aryl methyl sites for hydroxylation is 2. The van der Waals surface area contributed by atoms with Crippen LogP contribution < -0.4 is 10.2 Å². The van der Waals surface area contributed by atoms with Gasteiger partial charge in [-0.15, -0.1) is 0 Å². The lowest BCUT2D eigenvalue weighted by Gasteiger charge is -2.25. The van der Waals surface area contributed by atoms with E-state index >= 15 is 0 Å². The number of para-hydroxylation sites is 1. The van der Waals surface area contributed by atoms with Crippen molar-refractivity contribution in [3.63, 3.8) is 0 Å². The van der Waals surface area contributed by atoms with Crippen LogP contribution >= 0.6 is 0 Å². The normalized spacial score (nSPS) is 22.2. The lowest BCUT2D eigenvalue weighted by atomic mass is 9.76. The molecule has 0 unspecified atom stereocenters. The van der Waals surface area contributed by atoms with E-state index in [0.717, 1.165) is 30.4 Å². The summed E-state index contributed by atoms with van der Waals surface area (Å²) in [5.74, 6) is -1.45. The Morgan fingerprint density at radius 3 is 2.27 bits per heavy atom. The fourth-order valence-corrected chi connectivity index (χ4v) is 4.79. The molecule has 2 aliphatic rings. The molecule has 0 radical (unpaired) electrons. The number of nitrogens with zero attached hydrogens (tertiary/aromatic N) is 1. The van der Waals surface area contributed by atoms with Crippen LogP contribution in [0, 0.1) is 31.6 Å². The van der Waals surface area contributed by atoms with E-state index in [0.29, 0.717) is 17.3 Å². The average Bonchev–Trinajstić information content (AvgIpc) is 3.04. The van der Waals surface area contributed by atoms with E-state index in [4.69, 9.17) is 4.74 Å². The predicted octanol–water partition coefficient (Wildman–Crippen LogP) is 4.02. The Bertz CT molecular complexity index is 1090. The van der Waals surface area contributed by atoms with Crippen LogP contribution in [0.5, 0.6) is 0 Å². The molecular weight excluding hydrogens is 420 g/mol. The standard InChI is InChI=1S/C26H28N2O5/c1-15-7-12-20-21(13-15)25(31)28(24(20)30)19-10-8-18(9-11-19)26(32)33-14-22(29)27-23-16(2)5-4-6-17(23)3/h4-6,8-11,15,20-21H,7,12-14H2,1-3H3,(H,27,29)/t15-,20+,21-/m0/s1. The fourth-order valence-electron chi connectivity index (χ4n) is 4.79. The van der Waals surface area contributed by atoms with Crippen molar-refractivity contribution >= 4 is 35.1 Å². The number of carbonyl (C=O) groups excluding carboxylic acids is 4. The maximum atomic E-state index is 12.9. The van der Waals surface area contributed by atoms with E-state index in [9.17, 15) is 19.2 Å². The van der Waals surface area contributed by atoms with E-state index in [1.165, 1.54) is 17.0 Å². The number of esters is 1. The maximum Gasteiger partial charge on any atom is 0.338 e. The smallest absolute Gasteiger partial charge is 0.338 e. The number of hydrogen-bond acceptors (Lipinski definition) is 5. The number of carbonyl (C=O) groups is 4. The second-order valence-electron chi connectivity index (χ2n) is 9.08. The molecule has 1 saturated heterocycles. The summed E-state index contributed by atoms with van der Waals surface area (Å²) in [6.07, 6.45) is 2.43. The molecule has 0 bridgehead atoms. The van der Waals surface area contributed by atoms with Crippen molar-refractivity contribution in [2.24, 2.45) is 17.8 Å². The Kier molecular flexibility index (Phi) is 6.31. The van der Waals surface area contributed by atoms with Gasteiger partial charge in [0, 0.05) is 5.69 Å². The van der Waals surface area contributed by atoms with Crippen molar-refractivity contribution in [2.45, 2.75) is 40.0 Å². The summed E-state index contributed by atoms with van der Waals surface area (Å²) in [7, 11) is 0. The van der Waals surface area contributed by atoms with Crippen LogP contribution in [0.25, 0.3) is 0 Å². The highest BCUT2D eigenvalue weighted by Gasteiger charge is 2.49. The van der Waals surface area contributed by atoms with Gasteiger partial charge in [-0.2, -0.15) is 0 Å². The van der Waals surface area contributed by atoms with Gasteiger partial charge >= 0.3 is 5.97 Å². The van der Waals surface area contributed by atoms with Gasteiger partial charge in [0.15, 0.2) is 6.61 Å². The number of rotatable bonds is 5. The Morgan fingerprint density at radius 2 is 1.61 bits per heavy atom. The second kappa shape index (κ2) is 9.17. The van der Waals surface area contributed by atoms with Gasteiger partial charge in [-0.25, -0.2) is 4.79 Å². The zero-order valence-electron chi connectivity index (χ0n) is 19.1. The summed E-state index contributed by atoms with van der Waals surface area (Å²) in [6, 6.07) is 11.8. The van der Waals surface area contributed by atoms with Crippen molar-refractivity contribution < 1.29 is 23.9 Å². The van der Waals surface area contributed by atoms with E-state index in [1.807, 2.05) is 32.0 Å². The largest absolute Gasteiger partial charge is 0.452 e. The summed E-state index contributed by atoms with van der Waals surface area (Å²) in [4.78, 5) is 51.5. The SMILES string of the molecule is Cc1cccc(C)c1NC(=O)COC(=O)c1ccc(N2C(=O)[C@H]3C[C@@H](C)CC[C@H]3C2=O)cc1. The number of hydrogen-bond donors (Lipinski definition) is 1. The van der Waals surface area contributed by atoms with Gasteiger partial charge in [0.2, 0.25) is 11.8 Å². The van der Waals surface area contributed by atoms with Gasteiger partial charge in [-0.1, -0.05) is 25.1 Å². The number of ether oxygens (including phenoxy) is 1. The number of imide groups is 1. The summed E-state index contributed by atoms with van der Waals surface area (Å²) in [6.45, 7) is 5.47. The third-order valence-corrected chi connectivity index (χ3v) is 6.63. The molecule has 0 aromatic heterocycles. The average molecular weight is 449 g/mol. The van der Waals surface area contributed by atoms with Crippen LogP contribution in [0.2, 0.25) is 0 Å². The first-order chi connectivity index (χ1) is 15.8. The number of anilines is 2. The summed E-state index contributed by atoms with van der Waals surface area (Å²) in [5.41, 5.74) is 3.24. The zero-order valence-corrected chi connectivity index (χ0v) is 19.1. The van der Waals surface area contributed by atoms with Crippen LogP contribution in [-0.4, -0.2) is 30.3 Å². The quantitative estimate of drug-likeness (QED) is 0.551. The summed E-state index contributed by atoms with van der Waals surface area (Å²) >= 11 is 0. The number of nitrogens with one attached hydrogen (secondary N) is 1. The summed E-state index contributed by atoms with van der Waals surface area (Å²) < 4.78 is 5.14. The van der Waals surface area contributed by atoms with Crippen molar-refractivity contribution in [1.29, 1.82) is 0 Å². The Labute approximate surface area is 193 Å². The molecule has 33 heavy (non-hydrogen) atoms. The predicted molar refractivity (Wildman–Crippen MR) is 124 cm³/mol. The molecule has 1 N–H and O–H groups in total. The van der Waals surface area contributed by atoms with E-state index in [-0.39, 0.29) is 29.2 Å². The molecule has 172 valence electrons.